The number of amides is 1. The van der Waals surface area contributed by atoms with Crippen LogP contribution in [0.2, 0.25) is 0 Å². The van der Waals surface area contributed by atoms with E-state index >= 15 is 0 Å². The number of nitrogens with two attached hydrogens (primary N) is 1. The fraction of sp³-hybridized carbons (Fsp3) is 0.562. The maximum Gasteiger partial charge on any atom is 0.258 e. The summed E-state index contributed by atoms with van der Waals surface area (Å²) in [5.74, 6) is 0.641. The van der Waals surface area contributed by atoms with E-state index in [0.717, 1.165) is 30.6 Å². The number of para-hydroxylation sites is 1. The molecule has 3 N–H and O–H groups in total. The molecule has 0 aliphatic heterocycles. The van der Waals surface area contributed by atoms with Gasteiger partial charge >= 0.3 is 0 Å². The van der Waals surface area contributed by atoms with Gasteiger partial charge in [-0.05, 0) is 30.9 Å². The highest BCUT2D eigenvalue weighted by molar-refractivity contribution is 5.85. The molecule has 4 nitrogen and oxygen atoms in total. The molecule has 1 aromatic rings. The molecule has 0 spiro atoms. The van der Waals surface area contributed by atoms with Gasteiger partial charge in [-0.2, -0.15) is 0 Å². The van der Waals surface area contributed by atoms with Crippen LogP contribution in [0.1, 0.15) is 39.2 Å². The van der Waals surface area contributed by atoms with E-state index in [1.807, 2.05) is 38.1 Å². The zero-order valence-electron chi connectivity index (χ0n) is 13.1. The van der Waals surface area contributed by atoms with Crippen molar-refractivity contribution in [3.05, 3.63) is 29.8 Å². The maximum absolute atomic E-state index is 11.8. The summed E-state index contributed by atoms with van der Waals surface area (Å²) >= 11 is 0. The number of carbonyl (C=O) groups excluding carboxylic acids is 1. The van der Waals surface area contributed by atoms with Crippen molar-refractivity contribution in [1.82, 2.24) is 5.32 Å². The third kappa shape index (κ3) is 6.36. The number of ether oxygens (including phenoxy) is 1. The van der Waals surface area contributed by atoms with Crippen LogP contribution < -0.4 is 15.8 Å². The SMILES string of the molecule is CCc1ccccc1OCC(=O)NCC(N)(CC)CC.Cl. The van der Waals surface area contributed by atoms with Crippen LogP contribution in [-0.4, -0.2) is 24.6 Å². The number of carbonyl (C=O) groups is 1. The smallest absolute Gasteiger partial charge is 0.258 e. The number of rotatable bonds is 8. The summed E-state index contributed by atoms with van der Waals surface area (Å²) in [5, 5.41) is 2.84. The number of aryl methyl sites for hydroxylation is 1. The predicted molar refractivity (Wildman–Crippen MR) is 89.1 cm³/mol. The molecule has 120 valence electrons. The Hall–Kier alpha value is -1.26. The molecule has 0 aliphatic rings. The topological polar surface area (TPSA) is 64.3 Å². The molecule has 1 rings (SSSR count). The normalized spacial score (nSPS) is 10.7. The average molecular weight is 315 g/mol. The van der Waals surface area contributed by atoms with Gasteiger partial charge in [0.1, 0.15) is 5.75 Å². The van der Waals surface area contributed by atoms with Crippen LogP contribution in [0.25, 0.3) is 0 Å². The Morgan fingerprint density at radius 2 is 1.86 bits per heavy atom. The Morgan fingerprint density at radius 3 is 2.43 bits per heavy atom. The third-order valence-electron chi connectivity index (χ3n) is 3.76. The van der Waals surface area contributed by atoms with Gasteiger partial charge in [0.15, 0.2) is 6.61 Å². The summed E-state index contributed by atoms with van der Waals surface area (Å²) < 4.78 is 5.57. The van der Waals surface area contributed by atoms with Gasteiger partial charge in [-0.25, -0.2) is 0 Å². The molecule has 1 amide bonds. The minimum Gasteiger partial charge on any atom is -0.483 e. The lowest BCUT2D eigenvalue weighted by molar-refractivity contribution is -0.123. The van der Waals surface area contributed by atoms with E-state index < -0.39 is 0 Å². The zero-order valence-corrected chi connectivity index (χ0v) is 14.0. The fourth-order valence-corrected chi connectivity index (χ4v) is 1.91. The average Bonchev–Trinajstić information content (AvgIpc) is 2.50. The largest absolute Gasteiger partial charge is 0.483 e. The van der Waals surface area contributed by atoms with Gasteiger partial charge in [-0.15, -0.1) is 12.4 Å². The number of nitrogens with one attached hydrogen (secondary N) is 1. The molecule has 0 unspecified atom stereocenters. The molecule has 21 heavy (non-hydrogen) atoms. The Bertz CT molecular complexity index is 434. The molecule has 0 bridgehead atoms. The summed E-state index contributed by atoms with van der Waals surface area (Å²) in [6.45, 7) is 6.64. The summed E-state index contributed by atoms with van der Waals surface area (Å²) in [6, 6.07) is 7.77. The van der Waals surface area contributed by atoms with Crippen LogP contribution in [-0.2, 0) is 11.2 Å². The van der Waals surface area contributed by atoms with Crippen molar-refractivity contribution in [2.24, 2.45) is 5.73 Å². The molecule has 0 fully saturated rings. The quantitative estimate of drug-likeness (QED) is 0.775. The summed E-state index contributed by atoms with van der Waals surface area (Å²) in [6.07, 6.45) is 2.56. The highest BCUT2D eigenvalue weighted by Gasteiger charge is 2.20. The van der Waals surface area contributed by atoms with Gasteiger partial charge in [-0.3, -0.25) is 4.79 Å². The predicted octanol–water partition coefficient (Wildman–Crippen LogP) is 2.68. The van der Waals surface area contributed by atoms with Gasteiger partial charge in [0.05, 0.1) is 0 Å². The van der Waals surface area contributed by atoms with Gasteiger partial charge in [-0.1, -0.05) is 39.0 Å². The Morgan fingerprint density at radius 1 is 1.24 bits per heavy atom. The monoisotopic (exact) mass is 314 g/mol. The van der Waals surface area contributed by atoms with E-state index in [1.54, 1.807) is 0 Å². The molecule has 0 radical (unpaired) electrons. The van der Waals surface area contributed by atoms with Crippen molar-refractivity contribution in [2.75, 3.05) is 13.2 Å². The van der Waals surface area contributed by atoms with E-state index in [9.17, 15) is 4.79 Å². The van der Waals surface area contributed by atoms with Gasteiger partial charge in [0.25, 0.3) is 5.91 Å². The molecule has 0 aromatic heterocycles. The summed E-state index contributed by atoms with van der Waals surface area (Å²) in [5.41, 5.74) is 6.93. The van der Waals surface area contributed by atoms with Crippen molar-refractivity contribution in [1.29, 1.82) is 0 Å². The number of hydrogen-bond donors (Lipinski definition) is 2. The highest BCUT2D eigenvalue weighted by atomic mass is 35.5. The molecular formula is C16H27ClN2O2. The van der Waals surface area contributed by atoms with Crippen LogP contribution in [0, 0.1) is 0 Å². The molecule has 5 heteroatoms. The number of halogens is 1. The van der Waals surface area contributed by atoms with Gasteiger partial charge < -0.3 is 15.8 Å². The van der Waals surface area contributed by atoms with Crippen LogP contribution in [0.3, 0.4) is 0 Å². The third-order valence-corrected chi connectivity index (χ3v) is 3.76. The first-order valence-electron chi connectivity index (χ1n) is 7.31. The molecule has 0 aliphatic carbocycles. The Kier molecular flexibility index (Phi) is 9.06. The lowest BCUT2D eigenvalue weighted by Gasteiger charge is -2.26. The van der Waals surface area contributed by atoms with Crippen molar-refractivity contribution < 1.29 is 9.53 Å². The van der Waals surface area contributed by atoms with E-state index in [4.69, 9.17) is 10.5 Å². The zero-order chi connectivity index (χ0) is 15.0. The Labute approximate surface area is 133 Å². The van der Waals surface area contributed by atoms with Crippen LogP contribution in [0.5, 0.6) is 5.75 Å². The highest BCUT2D eigenvalue weighted by Crippen LogP contribution is 2.18. The van der Waals surface area contributed by atoms with E-state index in [1.165, 1.54) is 0 Å². The second kappa shape index (κ2) is 9.64. The fourth-order valence-electron chi connectivity index (χ4n) is 1.91. The van der Waals surface area contributed by atoms with Crippen molar-refractivity contribution in [3.63, 3.8) is 0 Å². The minimum absolute atomic E-state index is 0. The molecule has 0 saturated heterocycles. The maximum atomic E-state index is 11.8. The van der Waals surface area contributed by atoms with E-state index in [0.29, 0.717) is 6.54 Å². The molecule has 0 heterocycles. The summed E-state index contributed by atoms with van der Waals surface area (Å²) in [7, 11) is 0. The lowest BCUT2D eigenvalue weighted by Crippen LogP contribution is -2.50. The first kappa shape index (κ1) is 19.7. The first-order valence-corrected chi connectivity index (χ1v) is 7.31. The molecular weight excluding hydrogens is 288 g/mol. The second-order valence-electron chi connectivity index (χ2n) is 5.10. The Balaban J connectivity index is 0.00000400. The van der Waals surface area contributed by atoms with Crippen LogP contribution >= 0.6 is 12.4 Å². The van der Waals surface area contributed by atoms with Gasteiger partial charge in [0.2, 0.25) is 0 Å². The van der Waals surface area contributed by atoms with Crippen molar-refractivity contribution in [3.8, 4) is 5.75 Å². The second-order valence-corrected chi connectivity index (χ2v) is 5.10. The van der Waals surface area contributed by atoms with Gasteiger partial charge in [0, 0.05) is 12.1 Å². The minimum atomic E-state index is -0.322. The van der Waals surface area contributed by atoms with Crippen molar-refractivity contribution in [2.45, 2.75) is 45.6 Å². The first-order chi connectivity index (χ1) is 9.54. The molecule has 0 atom stereocenters. The lowest BCUT2D eigenvalue weighted by atomic mass is 9.94. The van der Waals surface area contributed by atoms with Crippen molar-refractivity contribution >= 4 is 18.3 Å². The number of hydrogen-bond acceptors (Lipinski definition) is 3. The van der Waals surface area contributed by atoms with Crippen LogP contribution in [0.15, 0.2) is 24.3 Å². The van der Waals surface area contributed by atoms with E-state index in [2.05, 4.69) is 12.2 Å². The summed E-state index contributed by atoms with van der Waals surface area (Å²) in [4.78, 5) is 11.8. The molecule has 0 saturated carbocycles. The van der Waals surface area contributed by atoms with E-state index in [-0.39, 0.29) is 30.5 Å². The molecule has 1 aromatic carbocycles. The standard InChI is InChI=1S/C16H26N2O2.ClH/c1-4-13-9-7-8-10-14(13)20-11-15(19)18-12-16(17,5-2)6-3;/h7-10H,4-6,11-12,17H2,1-3H3,(H,18,19);1H. The van der Waals surface area contributed by atoms with Crippen LogP contribution in [0.4, 0.5) is 0 Å². The number of benzene rings is 1.